The van der Waals surface area contributed by atoms with E-state index in [0.29, 0.717) is 53.2 Å². The lowest BCUT2D eigenvalue weighted by molar-refractivity contribution is -0.136. The molecule has 2 N–H and O–H groups in total. The van der Waals surface area contributed by atoms with Gasteiger partial charge >= 0.3 is 5.97 Å². The largest absolute Gasteiger partial charge is 0.508 e. The van der Waals surface area contributed by atoms with E-state index in [1.165, 1.54) is 11.3 Å². The van der Waals surface area contributed by atoms with Gasteiger partial charge in [0.1, 0.15) is 16.6 Å². The van der Waals surface area contributed by atoms with Crippen LogP contribution in [0.3, 0.4) is 0 Å². The molecule has 0 atom stereocenters. The molecule has 1 saturated carbocycles. The summed E-state index contributed by atoms with van der Waals surface area (Å²) in [5, 5.41) is 20.0. The third-order valence-corrected chi connectivity index (χ3v) is 7.70. The zero-order valence-corrected chi connectivity index (χ0v) is 22.7. The Balaban J connectivity index is 1.82. The monoisotopic (exact) mass is 526 g/mol. The topological polar surface area (TPSA) is 90.7 Å². The second-order valence-corrected chi connectivity index (χ2v) is 10.8. The summed E-state index contributed by atoms with van der Waals surface area (Å²) >= 11 is 1.27. The van der Waals surface area contributed by atoms with E-state index in [9.17, 15) is 24.2 Å². The van der Waals surface area contributed by atoms with Crippen LogP contribution < -0.4 is 0 Å². The maximum atomic E-state index is 14.5. The van der Waals surface area contributed by atoms with Crippen molar-refractivity contribution in [3.8, 4) is 0 Å². The molecular weight excluding hydrogens is 491 g/mol. The summed E-state index contributed by atoms with van der Waals surface area (Å²) in [6, 6.07) is 5.32. The van der Waals surface area contributed by atoms with Crippen LogP contribution in [-0.2, 0) is 17.8 Å². The molecule has 0 spiro atoms. The van der Waals surface area contributed by atoms with Gasteiger partial charge in [-0.2, -0.15) is 0 Å². The number of carbonyl (C=O) groups excluding carboxylic acids is 1. The van der Waals surface area contributed by atoms with E-state index in [0.717, 1.165) is 12.0 Å². The summed E-state index contributed by atoms with van der Waals surface area (Å²) in [5.74, 6) is -1.23. The standard InChI is InChI=1S/C29H35FN2O4S/c1-5-6-12-23(33)14-13-20(3)29(15-16-29)28(36)32(18-24-31-26(27(34)35)21(4)37-24)17-8-11-22-10-7-9-19(2)25(22)30/h6-7,9-10,12-14,33H,5,8,11,15-18H2,1-4H3,(H,34,35)/b12-6+,20-13+,23-14+. The summed E-state index contributed by atoms with van der Waals surface area (Å²) in [7, 11) is 0. The number of aromatic carboxylic acids is 1. The number of aliphatic hydroxyl groups is 1. The van der Waals surface area contributed by atoms with Crippen molar-refractivity contribution in [1.82, 2.24) is 9.88 Å². The first-order valence-corrected chi connectivity index (χ1v) is 13.4. The number of rotatable bonds is 12. The maximum Gasteiger partial charge on any atom is 0.355 e. The first-order valence-electron chi connectivity index (χ1n) is 12.6. The number of amides is 1. The van der Waals surface area contributed by atoms with Crippen LogP contribution >= 0.6 is 11.3 Å². The molecule has 0 aliphatic heterocycles. The van der Waals surface area contributed by atoms with Gasteiger partial charge in [-0.25, -0.2) is 14.2 Å². The summed E-state index contributed by atoms with van der Waals surface area (Å²) in [5.41, 5.74) is 1.43. The van der Waals surface area contributed by atoms with E-state index in [4.69, 9.17) is 0 Å². The molecule has 0 radical (unpaired) electrons. The van der Waals surface area contributed by atoms with Crippen molar-refractivity contribution in [1.29, 1.82) is 0 Å². The van der Waals surface area contributed by atoms with Crippen LogP contribution in [0.15, 0.2) is 53.8 Å². The third-order valence-electron chi connectivity index (χ3n) is 6.75. The van der Waals surface area contributed by atoms with Crippen molar-refractivity contribution in [2.75, 3.05) is 6.54 Å². The van der Waals surface area contributed by atoms with Crippen molar-refractivity contribution in [2.45, 2.75) is 66.3 Å². The Hall–Kier alpha value is -3.26. The van der Waals surface area contributed by atoms with Crippen LogP contribution in [0.2, 0.25) is 0 Å². The lowest BCUT2D eigenvalue weighted by Gasteiger charge is -2.27. The van der Waals surface area contributed by atoms with Gasteiger partial charge in [0, 0.05) is 11.4 Å². The van der Waals surface area contributed by atoms with Gasteiger partial charge in [0.25, 0.3) is 0 Å². The molecule has 2 aromatic rings. The minimum atomic E-state index is -1.09. The van der Waals surface area contributed by atoms with Crippen LogP contribution in [-0.4, -0.2) is 38.5 Å². The van der Waals surface area contributed by atoms with Gasteiger partial charge in [-0.3, -0.25) is 4.79 Å². The van der Waals surface area contributed by atoms with Gasteiger partial charge in [0.05, 0.1) is 12.0 Å². The zero-order chi connectivity index (χ0) is 27.2. The van der Waals surface area contributed by atoms with Crippen molar-refractivity contribution >= 4 is 23.2 Å². The Labute approximate surface area is 221 Å². The van der Waals surface area contributed by atoms with Gasteiger partial charge in [-0.15, -0.1) is 11.3 Å². The normalized spacial score (nSPS) is 15.3. The molecule has 198 valence electrons. The predicted molar refractivity (Wildman–Crippen MR) is 144 cm³/mol. The van der Waals surface area contributed by atoms with Crippen molar-refractivity contribution in [3.63, 3.8) is 0 Å². The fourth-order valence-corrected chi connectivity index (χ4v) is 5.30. The van der Waals surface area contributed by atoms with Gasteiger partial charge in [0.15, 0.2) is 5.69 Å². The lowest BCUT2D eigenvalue weighted by Crippen LogP contribution is -2.38. The number of aryl methyl sites for hydroxylation is 3. The fraction of sp³-hybridized carbons (Fsp3) is 0.414. The molecule has 1 aliphatic rings. The van der Waals surface area contributed by atoms with Gasteiger partial charge < -0.3 is 15.1 Å². The maximum absolute atomic E-state index is 14.5. The Bertz CT molecular complexity index is 1240. The van der Waals surface area contributed by atoms with E-state index in [2.05, 4.69) is 4.98 Å². The molecule has 1 heterocycles. The first kappa shape index (κ1) is 28.3. The number of carboxylic acid groups (broad SMARTS) is 1. The number of carbonyl (C=O) groups is 2. The van der Waals surface area contributed by atoms with Crippen LogP contribution in [0.4, 0.5) is 4.39 Å². The van der Waals surface area contributed by atoms with Gasteiger partial charge in [0.2, 0.25) is 5.91 Å². The van der Waals surface area contributed by atoms with E-state index in [1.807, 2.05) is 26.0 Å². The number of aromatic nitrogens is 1. The van der Waals surface area contributed by atoms with Gasteiger partial charge in [-0.05, 0) is 76.2 Å². The minimum absolute atomic E-state index is 0.00666. The second-order valence-electron chi connectivity index (χ2n) is 9.53. The highest BCUT2D eigenvalue weighted by atomic mass is 32.1. The van der Waals surface area contributed by atoms with Crippen LogP contribution in [0.25, 0.3) is 0 Å². The molecule has 8 heteroatoms. The average Bonchev–Trinajstić information content (AvgIpc) is 3.59. The highest BCUT2D eigenvalue weighted by Crippen LogP contribution is 2.53. The molecule has 6 nitrogen and oxygen atoms in total. The highest BCUT2D eigenvalue weighted by Gasteiger charge is 2.52. The summed E-state index contributed by atoms with van der Waals surface area (Å²) in [6.07, 6.45) is 10.1. The number of thiazole rings is 1. The van der Waals surface area contributed by atoms with E-state index in [1.54, 1.807) is 49.1 Å². The van der Waals surface area contributed by atoms with Crippen molar-refractivity contribution < 1.29 is 24.2 Å². The van der Waals surface area contributed by atoms with Crippen molar-refractivity contribution in [3.05, 3.63) is 86.4 Å². The number of allylic oxidation sites excluding steroid dienone is 4. The molecule has 1 aliphatic carbocycles. The number of halogens is 1. The van der Waals surface area contributed by atoms with Crippen LogP contribution in [0.1, 0.15) is 71.0 Å². The van der Waals surface area contributed by atoms with E-state index >= 15 is 0 Å². The number of aliphatic hydroxyl groups excluding tert-OH is 1. The number of nitrogens with zero attached hydrogens (tertiary/aromatic N) is 2. The van der Waals surface area contributed by atoms with Crippen molar-refractivity contribution in [2.24, 2.45) is 5.41 Å². The Kier molecular flexibility index (Phi) is 9.43. The Morgan fingerprint density at radius 3 is 2.57 bits per heavy atom. The molecule has 37 heavy (non-hydrogen) atoms. The highest BCUT2D eigenvalue weighted by molar-refractivity contribution is 7.11. The Morgan fingerprint density at radius 2 is 1.95 bits per heavy atom. The number of benzene rings is 1. The molecule has 0 unspecified atom stereocenters. The molecule has 0 saturated heterocycles. The summed E-state index contributed by atoms with van der Waals surface area (Å²) in [6.45, 7) is 7.91. The summed E-state index contributed by atoms with van der Waals surface area (Å²) in [4.78, 5) is 31.9. The quantitative estimate of drug-likeness (QED) is 0.237. The molecule has 1 aromatic carbocycles. The second kappa shape index (κ2) is 12.3. The lowest BCUT2D eigenvalue weighted by atomic mass is 9.94. The SMILES string of the molecule is CC/C=C/C(O)=C\C=C(/C)C1(C(=O)N(CCCc2cccc(C)c2F)Cc2nc(C(=O)O)c(C)s2)CC1. The number of hydrogen-bond donors (Lipinski definition) is 2. The number of hydrogen-bond acceptors (Lipinski definition) is 5. The smallest absolute Gasteiger partial charge is 0.355 e. The van der Waals surface area contributed by atoms with Crippen LogP contribution in [0, 0.1) is 25.1 Å². The molecule has 0 bridgehead atoms. The van der Waals surface area contributed by atoms with E-state index in [-0.39, 0.29) is 29.7 Å². The molecule has 1 fully saturated rings. The van der Waals surface area contributed by atoms with Crippen LogP contribution in [0.5, 0.6) is 0 Å². The molecule has 1 amide bonds. The van der Waals surface area contributed by atoms with E-state index < -0.39 is 11.4 Å². The minimum Gasteiger partial charge on any atom is -0.508 e. The van der Waals surface area contributed by atoms with Gasteiger partial charge in [-0.1, -0.05) is 42.8 Å². The molecule has 3 rings (SSSR count). The first-order chi connectivity index (χ1) is 17.6. The summed E-state index contributed by atoms with van der Waals surface area (Å²) < 4.78 is 14.5. The predicted octanol–water partition coefficient (Wildman–Crippen LogP) is 6.69. The molecular formula is C29H35FN2O4S. The molecule has 1 aromatic heterocycles. The zero-order valence-electron chi connectivity index (χ0n) is 21.9. The average molecular weight is 527 g/mol. The third kappa shape index (κ3) is 6.95. The Morgan fingerprint density at radius 1 is 1.22 bits per heavy atom. The fourth-order valence-electron chi connectivity index (χ4n) is 4.36. The number of carboxylic acids is 1.